The van der Waals surface area contributed by atoms with E-state index < -0.39 is 17.5 Å². The number of nitrogens with zero attached hydrogens (tertiary/aromatic N) is 1. The van der Waals surface area contributed by atoms with Crippen molar-refractivity contribution in [1.82, 2.24) is 10.3 Å². The highest BCUT2D eigenvalue weighted by molar-refractivity contribution is 6.36. The lowest BCUT2D eigenvalue weighted by Gasteiger charge is -2.18. The van der Waals surface area contributed by atoms with E-state index in [0.29, 0.717) is 6.61 Å². The molecule has 1 N–H and O–H groups in total. The van der Waals surface area contributed by atoms with E-state index in [1.54, 1.807) is 0 Å². The molecule has 0 saturated carbocycles. The van der Waals surface area contributed by atoms with Crippen LogP contribution in [0.1, 0.15) is 23.2 Å². The predicted molar refractivity (Wildman–Crippen MR) is 78.8 cm³/mol. The Labute approximate surface area is 137 Å². The SMILES string of the molecule is O=C(OCC1CC2(CCNC2)CO1)c1c(Cl)cc(Cl)nc1F. The number of ether oxygens (including phenoxy) is 2. The van der Waals surface area contributed by atoms with Crippen molar-refractivity contribution >= 4 is 29.2 Å². The van der Waals surface area contributed by atoms with Gasteiger partial charge in [0.1, 0.15) is 17.3 Å². The van der Waals surface area contributed by atoms with Gasteiger partial charge in [-0.05, 0) is 25.5 Å². The van der Waals surface area contributed by atoms with Crippen molar-refractivity contribution in [1.29, 1.82) is 0 Å². The van der Waals surface area contributed by atoms with Crippen LogP contribution in [0.4, 0.5) is 4.39 Å². The highest BCUT2D eigenvalue weighted by atomic mass is 35.5. The third-order valence-electron chi connectivity index (χ3n) is 4.12. The van der Waals surface area contributed by atoms with Gasteiger partial charge in [-0.2, -0.15) is 4.39 Å². The standard InChI is InChI=1S/C14H15Cl2FN2O3/c15-9-3-10(16)19-12(17)11(9)13(20)21-5-8-4-14(7-22-8)1-2-18-6-14/h3,8,18H,1-2,4-7H2. The van der Waals surface area contributed by atoms with Crippen LogP contribution < -0.4 is 5.32 Å². The van der Waals surface area contributed by atoms with Gasteiger partial charge < -0.3 is 14.8 Å². The molecule has 1 spiro atoms. The molecule has 0 aromatic carbocycles. The molecule has 2 aliphatic heterocycles. The normalized spacial score (nSPS) is 27.5. The molecule has 3 heterocycles. The van der Waals surface area contributed by atoms with Crippen molar-refractivity contribution in [2.45, 2.75) is 18.9 Å². The number of carbonyl (C=O) groups excluding carboxylic acids is 1. The summed E-state index contributed by atoms with van der Waals surface area (Å²) < 4.78 is 24.5. The van der Waals surface area contributed by atoms with Crippen LogP contribution in [0, 0.1) is 11.4 Å². The molecule has 2 atom stereocenters. The average Bonchev–Trinajstić information content (AvgIpc) is 3.06. The summed E-state index contributed by atoms with van der Waals surface area (Å²) in [7, 11) is 0. The smallest absolute Gasteiger partial charge is 0.344 e. The summed E-state index contributed by atoms with van der Waals surface area (Å²) in [6.45, 7) is 2.62. The molecule has 120 valence electrons. The second kappa shape index (κ2) is 6.28. The van der Waals surface area contributed by atoms with Crippen LogP contribution in [0.5, 0.6) is 0 Å². The molecule has 2 aliphatic rings. The number of halogens is 3. The lowest BCUT2D eigenvalue weighted by Crippen LogP contribution is -2.25. The van der Waals surface area contributed by atoms with Crippen LogP contribution in [-0.4, -0.2) is 43.4 Å². The largest absolute Gasteiger partial charge is 0.459 e. The molecule has 0 bridgehead atoms. The summed E-state index contributed by atoms with van der Waals surface area (Å²) in [6.07, 6.45) is 1.70. The van der Waals surface area contributed by atoms with Crippen LogP contribution in [0.15, 0.2) is 6.07 Å². The van der Waals surface area contributed by atoms with E-state index in [-0.39, 0.29) is 28.3 Å². The molecule has 22 heavy (non-hydrogen) atoms. The predicted octanol–water partition coefficient (Wildman–Crippen LogP) is 2.45. The van der Waals surface area contributed by atoms with Crippen molar-refractivity contribution in [3.8, 4) is 0 Å². The van der Waals surface area contributed by atoms with E-state index in [2.05, 4.69) is 10.3 Å². The topological polar surface area (TPSA) is 60.5 Å². The summed E-state index contributed by atoms with van der Waals surface area (Å²) in [6, 6.07) is 1.20. The summed E-state index contributed by atoms with van der Waals surface area (Å²) in [5.74, 6) is -1.90. The molecule has 1 aromatic heterocycles. The minimum Gasteiger partial charge on any atom is -0.459 e. The van der Waals surface area contributed by atoms with Crippen molar-refractivity contribution in [3.63, 3.8) is 0 Å². The Kier molecular flexibility index (Phi) is 4.54. The molecule has 0 radical (unpaired) electrons. The third kappa shape index (κ3) is 3.20. The van der Waals surface area contributed by atoms with E-state index in [1.807, 2.05) is 0 Å². The fraction of sp³-hybridized carbons (Fsp3) is 0.571. The molecule has 1 aromatic rings. The van der Waals surface area contributed by atoms with E-state index in [1.165, 1.54) is 6.07 Å². The highest BCUT2D eigenvalue weighted by Crippen LogP contribution is 2.38. The van der Waals surface area contributed by atoms with Crippen LogP contribution in [-0.2, 0) is 9.47 Å². The number of aromatic nitrogens is 1. The Morgan fingerprint density at radius 3 is 3.09 bits per heavy atom. The van der Waals surface area contributed by atoms with Crippen LogP contribution in [0.25, 0.3) is 0 Å². The molecular weight excluding hydrogens is 334 g/mol. The zero-order valence-corrected chi connectivity index (χ0v) is 13.2. The first kappa shape index (κ1) is 15.9. The number of carbonyl (C=O) groups is 1. The fourth-order valence-corrected chi connectivity index (χ4v) is 3.47. The molecule has 5 nitrogen and oxygen atoms in total. The van der Waals surface area contributed by atoms with Gasteiger partial charge in [0, 0.05) is 12.0 Å². The molecule has 2 saturated heterocycles. The van der Waals surface area contributed by atoms with E-state index in [0.717, 1.165) is 25.9 Å². The lowest BCUT2D eigenvalue weighted by atomic mass is 9.85. The Hall–Kier alpha value is -0.950. The van der Waals surface area contributed by atoms with Crippen LogP contribution in [0.3, 0.4) is 0 Å². The first-order chi connectivity index (χ1) is 10.5. The molecule has 0 aliphatic carbocycles. The molecule has 0 amide bonds. The fourth-order valence-electron chi connectivity index (χ4n) is 2.98. The van der Waals surface area contributed by atoms with E-state index in [4.69, 9.17) is 32.7 Å². The van der Waals surface area contributed by atoms with Gasteiger partial charge in [0.2, 0.25) is 5.95 Å². The zero-order valence-electron chi connectivity index (χ0n) is 11.7. The second-order valence-corrected chi connectivity index (χ2v) is 6.55. The molecule has 3 rings (SSSR count). The van der Waals surface area contributed by atoms with Gasteiger partial charge in [0.15, 0.2) is 0 Å². The number of esters is 1. The van der Waals surface area contributed by atoms with Gasteiger partial charge in [0.05, 0.1) is 17.7 Å². The van der Waals surface area contributed by atoms with E-state index in [9.17, 15) is 9.18 Å². The van der Waals surface area contributed by atoms with Gasteiger partial charge in [-0.25, -0.2) is 9.78 Å². The molecular formula is C14H15Cl2FN2O3. The maximum Gasteiger partial charge on any atom is 0.344 e. The lowest BCUT2D eigenvalue weighted by molar-refractivity contribution is 0.0145. The number of hydrogen-bond acceptors (Lipinski definition) is 5. The van der Waals surface area contributed by atoms with Gasteiger partial charge >= 0.3 is 5.97 Å². The van der Waals surface area contributed by atoms with Gasteiger partial charge in [-0.1, -0.05) is 23.2 Å². The number of hydrogen-bond donors (Lipinski definition) is 1. The van der Waals surface area contributed by atoms with Crippen molar-refractivity contribution in [2.24, 2.45) is 5.41 Å². The Balaban J connectivity index is 1.59. The minimum absolute atomic E-state index is 0.0684. The second-order valence-electron chi connectivity index (χ2n) is 5.75. The number of pyridine rings is 1. The first-order valence-corrected chi connectivity index (χ1v) is 7.76. The van der Waals surface area contributed by atoms with Gasteiger partial charge in [-0.3, -0.25) is 0 Å². The summed E-state index contributed by atoms with van der Waals surface area (Å²) >= 11 is 11.4. The monoisotopic (exact) mass is 348 g/mol. The van der Waals surface area contributed by atoms with Gasteiger partial charge in [0.25, 0.3) is 0 Å². The zero-order chi connectivity index (χ0) is 15.7. The number of nitrogens with one attached hydrogen (secondary N) is 1. The quantitative estimate of drug-likeness (QED) is 0.671. The average molecular weight is 349 g/mol. The third-order valence-corrected chi connectivity index (χ3v) is 4.61. The van der Waals surface area contributed by atoms with Crippen LogP contribution >= 0.6 is 23.2 Å². The highest BCUT2D eigenvalue weighted by Gasteiger charge is 2.42. The number of rotatable bonds is 3. The Bertz CT molecular complexity index is 570. The summed E-state index contributed by atoms with van der Waals surface area (Å²) in [5, 5.41) is 3.07. The van der Waals surface area contributed by atoms with Crippen LogP contribution in [0.2, 0.25) is 10.2 Å². The minimum atomic E-state index is -1.04. The van der Waals surface area contributed by atoms with Gasteiger partial charge in [-0.15, -0.1) is 0 Å². The molecule has 2 unspecified atom stereocenters. The first-order valence-electron chi connectivity index (χ1n) is 7.00. The summed E-state index contributed by atoms with van der Waals surface area (Å²) in [5.41, 5.74) is -0.261. The maximum atomic E-state index is 13.7. The Morgan fingerprint density at radius 2 is 2.41 bits per heavy atom. The van der Waals surface area contributed by atoms with Crippen molar-refractivity contribution in [3.05, 3.63) is 27.8 Å². The summed E-state index contributed by atoms with van der Waals surface area (Å²) in [4.78, 5) is 15.3. The molecule has 8 heteroatoms. The Morgan fingerprint density at radius 1 is 1.59 bits per heavy atom. The maximum absolute atomic E-state index is 13.7. The van der Waals surface area contributed by atoms with Crippen molar-refractivity contribution < 1.29 is 18.7 Å². The van der Waals surface area contributed by atoms with Crippen molar-refractivity contribution in [2.75, 3.05) is 26.3 Å². The molecule has 2 fully saturated rings. The van der Waals surface area contributed by atoms with E-state index >= 15 is 0 Å².